The van der Waals surface area contributed by atoms with Crippen molar-refractivity contribution in [2.24, 2.45) is 27.9 Å². The number of amides is 4. The lowest BCUT2D eigenvalue weighted by atomic mass is 10.1. The van der Waals surface area contributed by atoms with Gasteiger partial charge in [-0.25, -0.2) is 0 Å². The number of likely N-dealkylation sites (tertiary alicyclic amines) is 1. The molecule has 0 unspecified atom stereocenters. The van der Waals surface area contributed by atoms with Gasteiger partial charge in [0.15, 0.2) is 5.96 Å². The van der Waals surface area contributed by atoms with Crippen LogP contribution in [-0.4, -0.2) is 72.2 Å². The molecule has 1 aromatic rings. The van der Waals surface area contributed by atoms with Crippen LogP contribution >= 0.6 is 0 Å². The van der Waals surface area contributed by atoms with Gasteiger partial charge in [0.2, 0.25) is 23.6 Å². The van der Waals surface area contributed by atoms with Gasteiger partial charge in [-0.15, -0.1) is 0 Å². The Hall–Kier alpha value is -3.87. The van der Waals surface area contributed by atoms with Crippen molar-refractivity contribution in [3.05, 3.63) is 29.8 Å². The lowest BCUT2D eigenvalue weighted by Gasteiger charge is -2.27. The van der Waals surface area contributed by atoms with E-state index in [9.17, 15) is 19.2 Å². The van der Waals surface area contributed by atoms with Gasteiger partial charge in [0.1, 0.15) is 18.1 Å². The third-order valence-corrected chi connectivity index (χ3v) is 6.40. The number of primary amides is 1. The summed E-state index contributed by atoms with van der Waals surface area (Å²) >= 11 is 0. The van der Waals surface area contributed by atoms with Gasteiger partial charge in [0.05, 0.1) is 6.42 Å². The van der Waals surface area contributed by atoms with Crippen LogP contribution in [0, 0.1) is 0 Å². The van der Waals surface area contributed by atoms with Crippen LogP contribution in [0.25, 0.3) is 0 Å². The summed E-state index contributed by atoms with van der Waals surface area (Å²) in [5.74, 6) is -1.89. The second-order valence-electron chi connectivity index (χ2n) is 9.42. The molecule has 0 aliphatic carbocycles. The molecular formula is C25H41N9O4. The number of hydrogen-bond acceptors (Lipinski definition) is 7. The first-order chi connectivity index (χ1) is 18.1. The van der Waals surface area contributed by atoms with Crippen LogP contribution in [0.3, 0.4) is 0 Å². The van der Waals surface area contributed by atoms with Crippen molar-refractivity contribution >= 4 is 35.3 Å². The molecule has 3 atom stereocenters. The molecule has 1 aliphatic heterocycles. The van der Waals surface area contributed by atoms with Crippen molar-refractivity contribution in [1.29, 1.82) is 0 Å². The number of aliphatic imine (C=N–C) groups is 1. The van der Waals surface area contributed by atoms with Crippen molar-refractivity contribution in [2.45, 2.75) is 69.5 Å². The Morgan fingerprint density at radius 1 is 0.974 bits per heavy atom. The molecule has 0 bridgehead atoms. The van der Waals surface area contributed by atoms with Crippen molar-refractivity contribution in [3.8, 4) is 0 Å². The minimum absolute atomic E-state index is 0.0692. The third-order valence-electron chi connectivity index (χ3n) is 6.40. The number of anilines is 1. The summed E-state index contributed by atoms with van der Waals surface area (Å²) in [6, 6.07) is 4.46. The summed E-state index contributed by atoms with van der Waals surface area (Å²) in [6.45, 7) is 1.17. The molecule has 0 radical (unpaired) electrons. The Morgan fingerprint density at radius 3 is 2.29 bits per heavy atom. The SMILES string of the molecule is NCCCC[C@H](NC(=O)[C@@H]1CCCN1C(=O)Cc1ccc(N)cc1)C(=O)N[C@@H](CCCN=C(N)N)C(N)=O. The average Bonchev–Trinajstić information content (AvgIpc) is 3.36. The van der Waals surface area contributed by atoms with Crippen LogP contribution < -0.4 is 39.3 Å². The van der Waals surface area contributed by atoms with E-state index in [1.807, 2.05) is 0 Å². The summed E-state index contributed by atoms with van der Waals surface area (Å²) in [6.07, 6.45) is 3.53. The number of carbonyl (C=O) groups excluding carboxylic acids is 4. The molecule has 1 aliphatic rings. The smallest absolute Gasteiger partial charge is 0.243 e. The predicted molar refractivity (Wildman–Crippen MR) is 145 cm³/mol. The van der Waals surface area contributed by atoms with Crippen LogP contribution in [0.4, 0.5) is 5.69 Å². The normalized spacial score (nSPS) is 16.3. The number of nitrogens with one attached hydrogen (secondary N) is 2. The fourth-order valence-corrected chi connectivity index (χ4v) is 4.34. The standard InChI is InChI=1S/C25H41N9O4/c26-12-2-1-5-19(23(37)32-18(22(28)36)6-3-13-31-25(29)30)33-24(38)20-7-4-14-34(20)21(35)15-16-8-10-17(27)11-9-16/h8-11,18-20H,1-7,12-15,26-27H2,(H2,28,36)(H,32,37)(H,33,38)(H4,29,30,31)/t18-,19-,20-/m0/s1. The molecule has 1 saturated heterocycles. The van der Waals surface area contributed by atoms with Gasteiger partial charge in [-0.05, 0) is 69.2 Å². The van der Waals surface area contributed by atoms with Crippen LogP contribution in [0.15, 0.2) is 29.3 Å². The van der Waals surface area contributed by atoms with E-state index in [0.29, 0.717) is 57.3 Å². The fraction of sp³-hybridized carbons (Fsp3) is 0.560. The molecule has 1 aromatic carbocycles. The van der Waals surface area contributed by atoms with E-state index in [1.54, 1.807) is 29.2 Å². The van der Waals surface area contributed by atoms with E-state index in [1.165, 1.54) is 0 Å². The highest BCUT2D eigenvalue weighted by Crippen LogP contribution is 2.20. The largest absolute Gasteiger partial charge is 0.399 e. The Morgan fingerprint density at radius 2 is 1.66 bits per heavy atom. The first-order valence-electron chi connectivity index (χ1n) is 12.9. The molecular weight excluding hydrogens is 490 g/mol. The van der Waals surface area contributed by atoms with Crippen LogP contribution in [0.1, 0.15) is 50.5 Å². The number of nitrogens with two attached hydrogens (primary N) is 5. The Bertz CT molecular complexity index is 980. The van der Waals surface area contributed by atoms with Gasteiger partial charge in [0.25, 0.3) is 0 Å². The Kier molecular flexibility index (Phi) is 12.3. The minimum atomic E-state index is -0.949. The Balaban J connectivity index is 2.04. The maximum absolute atomic E-state index is 13.2. The number of unbranched alkanes of at least 4 members (excludes halogenated alkanes) is 1. The average molecular weight is 532 g/mol. The quantitative estimate of drug-likeness (QED) is 0.0603. The summed E-state index contributed by atoms with van der Waals surface area (Å²) in [7, 11) is 0. The van der Waals surface area contributed by atoms with E-state index >= 15 is 0 Å². The molecule has 2 rings (SSSR count). The zero-order valence-corrected chi connectivity index (χ0v) is 21.7. The molecule has 1 heterocycles. The zero-order valence-electron chi connectivity index (χ0n) is 21.7. The van der Waals surface area contributed by atoms with Gasteiger partial charge in [-0.2, -0.15) is 0 Å². The van der Waals surface area contributed by atoms with Crippen molar-refractivity contribution in [1.82, 2.24) is 15.5 Å². The van der Waals surface area contributed by atoms with E-state index in [-0.39, 0.29) is 31.3 Å². The molecule has 13 nitrogen and oxygen atoms in total. The van der Waals surface area contributed by atoms with Crippen molar-refractivity contribution < 1.29 is 19.2 Å². The van der Waals surface area contributed by atoms with Gasteiger partial charge in [-0.1, -0.05) is 12.1 Å². The summed E-state index contributed by atoms with van der Waals surface area (Å²) in [5.41, 5.74) is 28.8. The predicted octanol–water partition coefficient (Wildman–Crippen LogP) is -1.56. The number of nitrogens with zero attached hydrogens (tertiary/aromatic N) is 2. The second-order valence-corrected chi connectivity index (χ2v) is 9.42. The number of hydrogen-bond donors (Lipinski definition) is 7. The van der Waals surface area contributed by atoms with E-state index in [0.717, 1.165) is 5.56 Å². The number of rotatable bonds is 15. The molecule has 13 heteroatoms. The monoisotopic (exact) mass is 531 g/mol. The maximum atomic E-state index is 13.2. The molecule has 4 amide bonds. The Labute approximate surface area is 222 Å². The highest BCUT2D eigenvalue weighted by Gasteiger charge is 2.36. The highest BCUT2D eigenvalue weighted by molar-refractivity contribution is 5.94. The molecule has 0 spiro atoms. The summed E-state index contributed by atoms with van der Waals surface area (Å²) < 4.78 is 0. The lowest BCUT2D eigenvalue weighted by Crippen LogP contribution is -2.56. The second kappa shape index (κ2) is 15.4. The first kappa shape index (κ1) is 30.4. The van der Waals surface area contributed by atoms with Crippen LogP contribution in [0.5, 0.6) is 0 Å². The first-order valence-corrected chi connectivity index (χ1v) is 12.9. The molecule has 12 N–H and O–H groups in total. The molecule has 0 aromatic heterocycles. The molecule has 0 saturated carbocycles. The van der Waals surface area contributed by atoms with E-state index in [4.69, 9.17) is 28.7 Å². The third kappa shape index (κ3) is 9.88. The number of carbonyl (C=O) groups is 4. The van der Waals surface area contributed by atoms with Crippen LogP contribution in [-0.2, 0) is 25.6 Å². The molecule has 1 fully saturated rings. The van der Waals surface area contributed by atoms with Crippen molar-refractivity contribution in [3.63, 3.8) is 0 Å². The maximum Gasteiger partial charge on any atom is 0.243 e. The topological polar surface area (TPSA) is 238 Å². The van der Waals surface area contributed by atoms with Gasteiger partial charge < -0.3 is 44.2 Å². The zero-order chi connectivity index (χ0) is 28.1. The molecule has 38 heavy (non-hydrogen) atoms. The van der Waals surface area contributed by atoms with Gasteiger partial charge in [0, 0.05) is 18.8 Å². The van der Waals surface area contributed by atoms with E-state index in [2.05, 4.69) is 15.6 Å². The van der Waals surface area contributed by atoms with Gasteiger partial charge in [-0.3, -0.25) is 24.2 Å². The summed E-state index contributed by atoms with van der Waals surface area (Å²) in [5, 5.41) is 5.43. The highest BCUT2D eigenvalue weighted by atomic mass is 16.2. The number of nitrogen functional groups attached to an aromatic ring is 1. The lowest BCUT2D eigenvalue weighted by molar-refractivity contribution is -0.139. The molecule has 210 valence electrons. The van der Waals surface area contributed by atoms with Crippen LogP contribution in [0.2, 0.25) is 0 Å². The van der Waals surface area contributed by atoms with E-state index < -0.39 is 35.8 Å². The number of guanidine groups is 1. The fourth-order valence-electron chi connectivity index (χ4n) is 4.34. The van der Waals surface area contributed by atoms with Gasteiger partial charge >= 0.3 is 0 Å². The summed E-state index contributed by atoms with van der Waals surface area (Å²) in [4.78, 5) is 56.7. The number of benzene rings is 1. The van der Waals surface area contributed by atoms with Crippen molar-refractivity contribution in [2.75, 3.05) is 25.4 Å². The minimum Gasteiger partial charge on any atom is -0.399 e.